The fourth-order valence-corrected chi connectivity index (χ4v) is 3.72. The number of carbonyl (C=O) groups is 1. The Morgan fingerprint density at radius 1 is 1.03 bits per heavy atom. The smallest absolute Gasteiger partial charge is 0.267 e. The molecule has 0 unspecified atom stereocenters. The van der Waals surface area contributed by atoms with Crippen molar-refractivity contribution in [2.75, 3.05) is 5.32 Å². The molecule has 34 heavy (non-hydrogen) atoms. The van der Waals surface area contributed by atoms with Gasteiger partial charge in [-0.05, 0) is 60.0 Å². The number of aromatic amines is 1. The Kier molecular flexibility index (Phi) is 5.70. The van der Waals surface area contributed by atoms with Crippen LogP contribution in [0.5, 0.6) is 0 Å². The second kappa shape index (κ2) is 9.11. The average Bonchev–Trinajstić information content (AvgIpc) is 3.27. The van der Waals surface area contributed by atoms with Crippen molar-refractivity contribution < 1.29 is 4.79 Å². The van der Waals surface area contributed by atoms with Gasteiger partial charge in [-0.15, -0.1) is 0 Å². The highest BCUT2D eigenvalue weighted by Gasteiger charge is 2.11. The highest BCUT2D eigenvalue weighted by Crippen LogP contribution is 2.18. The van der Waals surface area contributed by atoms with E-state index in [4.69, 9.17) is 0 Å². The van der Waals surface area contributed by atoms with Gasteiger partial charge in [-0.3, -0.25) is 19.9 Å². The van der Waals surface area contributed by atoms with Gasteiger partial charge in [0.1, 0.15) is 0 Å². The summed E-state index contributed by atoms with van der Waals surface area (Å²) >= 11 is 0. The van der Waals surface area contributed by atoms with Gasteiger partial charge in [-0.2, -0.15) is 5.10 Å². The van der Waals surface area contributed by atoms with E-state index < -0.39 is 0 Å². The lowest BCUT2D eigenvalue weighted by atomic mass is 10.1. The van der Waals surface area contributed by atoms with E-state index in [1.54, 1.807) is 36.7 Å². The van der Waals surface area contributed by atoms with Gasteiger partial charge in [0.05, 0.1) is 23.3 Å². The Hall–Kier alpha value is -4.59. The SMILES string of the molecule is CCc1ccc2[nH]c(NC(=O)c3cccc(Cn4nc(-c5cccnc5)ccc4=O)c3)nc2c1. The van der Waals surface area contributed by atoms with Crippen molar-refractivity contribution in [1.29, 1.82) is 0 Å². The van der Waals surface area contributed by atoms with Crippen LogP contribution in [0.2, 0.25) is 0 Å². The maximum atomic E-state index is 12.9. The molecule has 1 amide bonds. The van der Waals surface area contributed by atoms with Crippen LogP contribution in [0, 0.1) is 0 Å². The third-order valence-corrected chi connectivity index (χ3v) is 5.53. The molecule has 8 heteroatoms. The summed E-state index contributed by atoms with van der Waals surface area (Å²) in [5.74, 6) is 0.0988. The van der Waals surface area contributed by atoms with Crippen molar-refractivity contribution in [3.05, 3.63) is 106 Å². The number of anilines is 1. The van der Waals surface area contributed by atoms with Crippen LogP contribution < -0.4 is 10.9 Å². The van der Waals surface area contributed by atoms with Crippen molar-refractivity contribution in [3.8, 4) is 11.3 Å². The first-order valence-corrected chi connectivity index (χ1v) is 11.0. The predicted octanol–water partition coefficient (Wildman–Crippen LogP) is 4.04. The average molecular weight is 451 g/mol. The molecule has 0 radical (unpaired) electrons. The summed E-state index contributed by atoms with van der Waals surface area (Å²) in [6.45, 7) is 2.32. The third-order valence-electron chi connectivity index (χ3n) is 5.53. The van der Waals surface area contributed by atoms with Gasteiger partial charge in [0.25, 0.3) is 11.5 Å². The van der Waals surface area contributed by atoms with Gasteiger partial charge in [-0.25, -0.2) is 9.67 Å². The van der Waals surface area contributed by atoms with E-state index in [9.17, 15) is 9.59 Å². The van der Waals surface area contributed by atoms with Gasteiger partial charge < -0.3 is 4.98 Å². The Bertz CT molecular complexity index is 1540. The van der Waals surface area contributed by atoms with Crippen LogP contribution >= 0.6 is 0 Å². The molecule has 5 aromatic rings. The number of nitrogens with zero attached hydrogens (tertiary/aromatic N) is 4. The number of amides is 1. The first kappa shape index (κ1) is 21.3. The van der Waals surface area contributed by atoms with Gasteiger partial charge in [0.15, 0.2) is 0 Å². The second-order valence-electron chi connectivity index (χ2n) is 7.90. The summed E-state index contributed by atoms with van der Waals surface area (Å²) in [5.41, 5.74) is 5.34. The van der Waals surface area contributed by atoms with Gasteiger partial charge in [-0.1, -0.05) is 25.1 Å². The fraction of sp³-hybridized carbons (Fsp3) is 0.115. The first-order valence-electron chi connectivity index (χ1n) is 11.0. The van der Waals surface area contributed by atoms with Crippen molar-refractivity contribution in [2.45, 2.75) is 19.9 Å². The molecule has 0 fully saturated rings. The summed E-state index contributed by atoms with van der Waals surface area (Å²) < 4.78 is 1.38. The number of benzene rings is 2. The predicted molar refractivity (Wildman–Crippen MR) is 131 cm³/mol. The molecule has 0 aliphatic carbocycles. The number of H-pyrrole nitrogens is 1. The number of fused-ring (bicyclic) bond motifs is 1. The molecule has 2 N–H and O–H groups in total. The molecule has 0 atom stereocenters. The summed E-state index contributed by atoms with van der Waals surface area (Å²) in [6.07, 6.45) is 4.30. The lowest BCUT2D eigenvalue weighted by molar-refractivity contribution is 0.102. The molecule has 0 aliphatic heterocycles. The summed E-state index contributed by atoms with van der Waals surface area (Å²) in [6, 6.07) is 20.0. The zero-order valence-electron chi connectivity index (χ0n) is 18.5. The van der Waals surface area contributed by atoms with E-state index >= 15 is 0 Å². The van der Waals surface area contributed by atoms with Gasteiger partial charge in [0, 0.05) is 29.6 Å². The second-order valence-corrected chi connectivity index (χ2v) is 7.90. The quantitative estimate of drug-likeness (QED) is 0.406. The van der Waals surface area contributed by atoms with Crippen LogP contribution in [0.25, 0.3) is 22.3 Å². The third kappa shape index (κ3) is 4.47. The van der Waals surface area contributed by atoms with Crippen LogP contribution in [-0.2, 0) is 13.0 Å². The zero-order valence-corrected chi connectivity index (χ0v) is 18.5. The highest BCUT2D eigenvalue weighted by atomic mass is 16.2. The number of pyridine rings is 1. The summed E-state index contributed by atoms with van der Waals surface area (Å²) in [7, 11) is 0. The van der Waals surface area contributed by atoms with Crippen molar-refractivity contribution >= 4 is 22.9 Å². The Balaban J connectivity index is 1.36. The number of aryl methyl sites for hydroxylation is 1. The lowest BCUT2D eigenvalue weighted by Gasteiger charge is -2.09. The number of hydrogen-bond donors (Lipinski definition) is 2. The van der Waals surface area contributed by atoms with Crippen molar-refractivity contribution in [3.63, 3.8) is 0 Å². The first-order chi connectivity index (χ1) is 16.6. The van der Waals surface area contributed by atoms with Crippen molar-refractivity contribution in [2.24, 2.45) is 0 Å². The minimum atomic E-state index is -0.291. The molecule has 168 valence electrons. The zero-order chi connectivity index (χ0) is 23.5. The van der Waals surface area contributed by atoms with Gasteiger partial charge >= 0.3 is 0 Å². The molecule has 5 rings (SSSR count). The van der Waals surface area contributed by atoms with E-state index in [-0.39, 0.29) is 18.0 Å². The Morgan fingerprint density at radius 3 is 2.76 bits per heavy atom. The number of rotatable bonds is 6. The summed E-state index contributed by atoms with van der Waals surface area (Å²) in [5, 5.41) is 7.29. The molecule has 0 aliphatic rings. The molecular weight excluding hydrogens is 428 g/mol. The van der Waals surface area contributed by atoms with Crippen LogP contribution in [0.1, 0.15) is 28.4 Å². The maximum absolute atomic E-state index is 12.9. The van der Waals surface area contributed by atoms with Crippen LogP contribution in [-0.4, -0.2) is 30.6 Å². The van der Waals surface area contributed by atoms with Crippen LogP contribution in [0.3, 0.4) is 0 Å². The number of hydrogen-bond acceptors (Lipinski definition) is 5. The molecule has 2 aromatic carbocycles. The van der Waals surface area contributed by atoms with E-state index in [1.165, 1.54) is 16.3 Å². The molecule has 0 saturated heterocycles. The Morgan fingerprint density at radius 2 is 1.94 bits per heavy atom. The van der Waals surface area contributed by atoms with Gasteiger partial charge in [0.2, 0.25) is 5.95 Å². The van der Waals surface area contributed by atoms with E-state index in [0.717, 1.165) is 28.6 Å². The molecule has 3 heterocycles. The highest BCUT2D eigenvalue weighted by molar-refractivity contribution is 6.04. The van der Waals surface area contributed by atoms with E-state index in [0.29, 0.717) is 17.2 Å². The number of nitrogens with one attached hydrogen (secondary N) is 2. The molecular formula is C26H22N6O2. The standard InChI is InChI=1S/C26H22N6O2/c1-2-17-8-9-22-23(14-17)29-26(28-22)30-25(34)19-6-3-5-18(13-19)16-32-24(33)11-10-21(31-32)20-7-4-12-27-15-20/h3-15H,2,16H2,1H3,(H2,28,29,30,34). The minimum absolute atomic E-state index is 0.226. The molecule has 0 spiro atoms. The number of aromatic nitrogens is 5. The monoisotopic (exact) mass is 450 g/mol. The van der Waals surface area contributed by atoms with Crippen molar-refractivity contribution in [1.82, 2.24) is 24.7 Å². The fourth-order valence-electron chi connectivity index (χ4n) is 3.72. The normalized spacial score (nSPS) is 11.0. The Labute approximate surface area is 195 Å². The molecule has 8 nitrogen and oxygen atoms in total. The number of imidazole rings is 1. The van der Waals surface area contributed by atoms with Crippen LogP contribution in [0.4, 0.5) is 5.95 Å². The molecule has 0 saturated carbocycles. The van der Waals surface area contributed by atoms with E-state index in [2.05, 4.69) is 32.3 Å². The van der Waals surface area contributed by atoms with E-state index in [1.807, 2.05) is 36.4 Å². The summed E-state index contributed by atoms with van der Waals surface area (Å²) in [4.78, 5) is 37.0. The largest absolute Gasteiger partial charge is 0.324 e. The molecule has 3 aromatic heterocycles. The minimum Gasteiger partial charge on any atom is -0.324 e. The maximum Gasteiger partial charge on any atom is 0.267 e. The lowest BCUT2D eigenvalue weighted by Crippen LogP contribution is -2.23. The van der Waals surface area contributed by atoms with Crippen LogP contribution in [0.15, 0.2) is 83.9 Å². The number of carbonyl (C=O) groups excluding carboxylic acids is 1. The topological polar surface area (TPSA) is 106 Å². The molecule has 0 bridgehead atoms.